The summed E-state index contributed by atoms with van der Waals surface area (Å²) in [4.78, 5) is 0. The number of nitrogens with one attached hydrogen (secondary N) is 2. The highest BCUT2D eigenvalue weighted by Gasteiger charge is 2.36. The van der Waals surface area contributed by atoms with E-state index in [4.69, 9.17) is 0 Å². The van der Waals surface area contributed by atoms with Crippen molar-refractivity contribution in [3.05, 3.63) is 35.9 Å². The Hall–Kier alpha value is -0.950. The van der Waals surface area contributed by atoms with E-state index in [0.29, 0.717) is 6.54 Å². The van der Waals surface area contributed by atoms with Gasteiger partial charge in [-0.05, 0) is 25.3 Å². The molecule has 1 fully saturated rings. The minimum Gasteiger partial charge on any atom is -0.303 e. The molecule has 2 rings (SSSR count). The molecule has 6 heteroatoms. The first kappa shape index (κ1) is 17.4. The molecule has 0 amide bonds. The van der Waals surface area contributed by atoms with Gasteiger partial charge in [0.05, 0.1) is 0 Å². The van der Waals surface area contributed by atoms with Crippen LogP contribution in [-0.2, 0) is 10.2 Å². The number of nitrogens with zero attached hydrogens (tertiary/aromatic N) is 1. The van der Waals surface area contributed by atoms with Crippen LogP contribution in [0.3, 0.4) is 0 Å². The maximum absolute atomic E-state index is 12.0. The van der Waals surface area contributed by atoms with E-state index in [1.165, 1.54) is 9.87 Å². The first-order valence-corrected chi connectivity index (χ1v) is 9.28. The van der Waals surface area contributed by atoms with Crippen molar-refractivity contribution in [2.75, 3.05) is 20.6 Å². The first-order chi connectivity index (χ1) is 10.3. The molecular formula is C16H27N3O2S. The molecule has 0 radical (unpaired) electrons. The number of benzene rings is 1. The number of rotatable bonds is 7. The Morgan fingerprint density at radius 3 is 2.32 bits per heavy atom. The van der Waals surface area contributed by atoms with Crippen molar-refractivity contribution in [2.45, 2.75) is 44.2 Å². The second-order valence-electron chi connectivity index (χ2n) is 6.37. The average molecular weight is 325 g/mol. The molecule has 0 spiro atoms. The van der Waals surface area contributed by atoms with E-state index in [2.05, 4.69) is 29.1 Å². The lowest BCUT2D eigenvalue weighted by atomic mass is 9.95. The Bertz CT molecular complexity index is 566. The summed E-state index contributed by atoms with van der Waals surface area (Å²) in [6.07, 6.45) is 4.27. The van der Waals surface area contributed by atoms with E-state index in [1.54, 1.807) is 14.1 Å². The van der Waals surface area contributed by atoms with Crippen molar-refractivity contribution in [1.82, 2.24) is 14.3 Å². The van der Waals surface area contributed by atoms with Crippen LogP contribution in [0, 0.1) is 0 Å². The molecule has 1 aliphatic carbocycles. The topological polar surface area (TPSA) is 61.4 Å². The SMILES string of the molecule is CC(NC1(CNS(=O)(=O)N(C)C)CCCC1)c1ccccc1. The second-order valence-corrected chi connectivity index (χ2v) is 8.34. The maximum Gasteiger partial charge on any atom is 0.278 e. The predicted molar refractivity (Wildman–Crippen MR) is 89.8 cm³/mol. The van der Waals surface area contributed by atoms with Gasteiger partial charge in [0.2, 0.25) is 0 Å². The van der Waals surface area contributed by atoms with Crippen molar-refractivity contribution >= 4 is 10.2 Å². The van der Waals surface area contributed by atoms with Crippen LogP contribution in [0.2, 0.25) is 0 Å². The van der Waals surface area contributed by atoms with E-state index in [0.717, 1.165) is 25.7 Å². The van der Waals surface area contributed by atoms with Gasteiger partial charge in [0.25, 0.3) is 10.2 Å². The number of hydrogen-bond donors (Lipinski definition) is 2. The van der Waals surface area contributed by atoms with Gasteiger partial charge in [-0.15, -0.1) is 0 Å². The fraction of sp³-hybridized carbons (Fsp3) is 0.625. The van der Waals surface area contributed by atoms with Crippen molar-refractivity contribution in [3.63, 3.8) is 0 Å². The van der Waals surface area contributed by atoms with E-state index >= 15 is 0 Å². The normalized spacial score (nSPS) is 19.5. The van der Waals surface area contributed by atoms with Gasteiger partial charge in [0.15, 0.2) is 0 Å². The van der Waals surface area contributed by atoms with Crippen LogP contribution in [0.25, 0.3) is 0 Å². The zero-order chi connectivity index (χ0) is 16.2. The van der Waals surface area contributed by atoms with Crippen LogP contribution in [-0.4, -0.2) is 38.9 Å². The first-order valence-electron chi connectivity index (χ1n) is 7.84. The molecule has 5 nitrogen and oxygen atoms in total. The third-order valence-corrected chi connectivity index (χ3v) is 5.93. The smallest absolute Gasteiger partial charge is 0.278 e. The molecule has 0 aliphatic heterocycles. The monoisotopic (exact) mass is 325 g/mol. The highest BCUT2D eigenvalue weighted by Crippen LogP contribution is 2.32. The van der Waals surface area contributed by atoms with Gasteiger partial charge in [0, 0.05) is 32.2 Å². The summed E-state index contributed by atoms with van der Waals surface area (Å²) in [5.74, 6) is 0. The van der Waals surface area contributed by atoms with Crippen LogP contribution in [0.1, 0.15) is 44.2 Å². The zero-order valence-electron chi connectivity index (χ0n) is 13.7. The van der Waals surface area contributed by atoms with Crippen LogP contribution in [0.15, 0.2) is 30.3 Å². The number of hydrogen-bond acceptors (Lipinski definition) is 3. The summed E-state index contributed by atoms with van der Waals surface area (Å²) < 4.78 is 27.9. The van der Waals surface area contributed by atoms with E-state index in [-0.39, 0.29) is 11.6 Å². The fourth-order valence-electron chi connectivity index (χ4n) is 3.07. The summed E-state index contributed by atoms with van der Waals surface area (Å²) >= 11 is 0. The lowest BCUT2D eigenvalue weighted by molar-refractivity contribution is 0.297. The molecule has 0 saturated heterocycles. The molecule has 2 N–H and O–H groups in total. The highest BCUT2D eigenvalue weighted by atomic mass is 32.2. The van der Waals surface area contributed by atoms with Crippen LogP contribution in [0.5, 0.6) is 0 Å². The van der Waals surface area contributed by atoms with E-state index < -0.39 is 10.2 Å². The van der Waals surface area contributed by atoms with Crippen molar-refractivity contribution in [1.29, 1.82) is 0 Å². The van der Waals surface area contributed by atoms with E-state index in [1.807, 2.05) is 18.2 Å². The van der Waals surface area contributed by atoms with Gasteiger partial charge in [-0.25, -0.2) is 4.72 Å². The summed E-state index contributed by atoms with van der Waals surface area (Å²) in [5.41, 5.74) is 1.07. The fourth-order valence-corrected chi connectivity index (χ4v) is 3.78. The molecule has 1 saturated carbocycles. The van der Waals surface area contributed by atoms with Crippen molar-refractivity contribution < 1.29 is 8.42 Å². The lowest BCUT2D eigenvalue weighted by Gasteiger charge is -2.34. The molecule has 22 heavy (non-hydrogen) atoms. The van der Waals surface area contributed by atoms with Gasteiger partial charge < -0.3 is 5.32 Å². The zero-order valence-corrected chi connectivity index (χ0v) is 14.5. The Labute approximate surface area is 134 Å². The molecule has 1 aromatic carbocycles. The quantitative estimate of drug-likeness (QED) is 0.806. The Kier molecular flexibility index (Phi) is 5.60. The molecule has 1 aromatic rings. The van der Waals surface area contributed by atoms with Crippen LogP contribution >= 0.6 is 0 Å². The van der Waals surface area contributed by atoms with E-state index in [9.17, 15) is 8.42 Å². The molecule has 0 heterocycles. The Morgan fingerprint density at radius 2 is 1.77 bits per heavy atom. The minimum absolute atomic E-state index is 0.154. The molecule has 1 aliphatic rings. The third kappa shape index (κ3) is 4.29. The largest absolute Gasteiger partial charge is 0.303 e. The second kappa shape index (κ2) is 7.08. The molecule has 1 unspecified atom stereocenters. The molecule has 0 bridgehead atoms. The minimum atomic E-state index is -3.38. The van der Waals surface area contributed by atoms with Gasteiger partial charge in [-0.1, -0.05) is 43.2 Å². The Balaban J connectivity index is 2.06. The molecule has 0 aromatic heterocycles. The van der Waals surface area contributed by atoms with Gasteiger partial charge >= 0.3 is 0 Å². The highest BCUT2D eigenvalue weighted by molar-refractivity contribution is 7.87. The van der Waals surface area contributed by atoms with Crippen molar-refractivity contribution in [2.24, 2.45) is 0 Å². The van der Waals surface area contributed by atoms with Crippen molar-refractivity contribution in [3.8, 4) is 0 Å². The summed E-state index contributed by atoms with van der Waals surface area (Å²) in [5, 5.41) is 3.67. The summed E-state index contributed by atoms with van der Waals surface area (Å²) in [7, 11) is -0.290. The molecule has 1 atom stereocenters. The maximum atomic E-state index is 12.0. The third-order valence-electron chi connectivity index (χ3n) is 4.46. The van der Waals surface area contributed by atoms with Crippen LogP contribution < -0.4 is 10.0 Å². The average Bonchev–Trinajstić information content (AvgIpc) is 2.95. The summed E-state index contributed by atoms with van der Waals surface area (Å²) in [6, 6.07) is 10.5. The standard InChI is InChI=1S/C16H27N3O2S/c1-14(15-9-5-4-6-10-15)18-16(11-7-8-12-16)13-17-22(20,21)19(2)3/h4-6,9-10,14,17-18H,7-8,11-13H2,1-3H3. The lowest BCUT2D eigenvalue weighted by Crippen LogP contribution is -2.53. The van der Waals surface area contributed by atoms with Gasteiger partial charge in [0.1, 0.15) is 0 Å². The molecule has 124 valence electrons. The van der Waals surface area contributed by atoms with Gasteiger partial charge in [-0.2, -0.15) is 12.7 Å². The van der Waals surface area contributed by atoms with Crippen LogP contribution in [0.4, 0.5) is 0 Å². The molecular weight excluding hydrogens is 298 g/mol. The predicted octanol–water partition coefficient (Wildman–Crippen LogP) is 2.05. The summed E-state index contributed by atoms with van der Waals surface area (Å²) in [6.45, 7) is 2.57. The Morgan fingerprint density at radius 1 is 1.18 bits per heavy atom. The van der Waals surface area contributed by atoms with Gasteiger partial charge in [-0.3, -0.25) is 0 Å².